The molecule has 0 fully saturated rings. The number of amides is 2. The van der Waals surface area contributed by atoms with Gasteiger partial charge in [0.1, 0.15) is 0 Å². The van der Waals surface area contributed by atoms with E-state index < -0.39 is 18.5 Å². The smallest absolute Gasteiger partial charge is 0.338 e. The van der Waals surface area contributed by atoms with Crippen LogP contribution in [0.2, 0.25) is 0 Å². The number of anilines is 1. The maximum atomic E-state index is 11.8. The van der Waals surface area contributed by atoms with E-state index in [0.29, 0.717) is 5.69 Å². The zero-order valence-corrected chi connectivity index (χ0v) is 12.9. The standard InChI is InChI=1S/C15H21N3O4/c1-9(2)18-13(19)7-17-14(20)8-22-15(21)11-5-4-10(3)12(16)6-11/h4-6,9H,7-8,16H2,1-3H3,(H,17,20)(H,18,19). The first-order valence-electron chi connectivity index (χ1n) is 6.89. The summed E-state index contributed by atoms with van der Waals surface area (Å²) in [5.74, 6) is -1.50. The fourth-order valence-corrected chi connectivity index (χ4v) is 1.58. The van der Waals surface area contributed by atoms with E-state index in [9.17, 15) is 14.4 Å². The van der Waals surface area contributed by atoms with Crippen molar-refractivity contribution in [1.82, 2.24) is 10.6 Å². The molecule has 0 aromatic heterocycles. The Morgan fingerprint density at radius 2 is 1.91 bits per heavy atom. The van der Waals surface area contributed by atoms with Crippen molar-refractivity contribution >= 4 is 23.5 Å². The summed E-state index contributed by atoms with van der Waals surface area (Å²) in [4.78, 5) is 34.6. The predicted molar refractivity (Wildman–Crippen MR) is 82.2 cm³/mol. The van der Waals surface area contributed by atoms with Crippen LogP contribution in [-0.4, -0.2) is 37.0 Å². The number of hydrogen-bond donors (Lipinski definition) is 3. The number of carbonyl (C=O) groups excluding carboxylic acids is 3. The van der Waals surface area contributed by atoms with Gasteiger partial charge >= 0.3 is 5.97 Å². The molecule has 0 radical (unpaired) electrons. The molecule has 7 heteroatoms. The van der Waals surface area contributed by atoms with E-state index in [2.05, 4.69) is 10.6 Å². The van der Waals surface area contributed by atoms with Crippen molar-refractivity contribution in [2.45, 2.75) is 26.8 Å². The zero-order chi connectivity index (χ0) is 16.7. The van der Waals surface area contributed by atoms with Crippen LogP contribution in [0, 0.1) is 6.92 Å². The number of aryl methyl sites for hydroxylation is 1. The van der Waals surface area contributed by atoms with Crippen LogP contribution >= 0.6 is 0 Å². The second-order valence-electron chi connectivity index (χ2n) is 5.15. The lowest BCUT2D eigenvalue weighted by atomic mass is 10.1. The number of nitrogens with one attached hydrogen (secondary N) is 2. The molecule has 7 nitrogen and oxygen atoms in total. The van der Waals surface area contributed by atoms with Gasteiger partial charge in [-0.15, -0.1) is 0 Å². The quantitative estimate of drug-likeness (QED) is 0.519. The maximum Gasteiger partial charge on any atom is 0.338 e. The first-order chi connectivity index (χ1) is 10.3. The van der Waals surface area contributed by atoms with Crippen LogP contribution in [-0.2, 0) is 14.3 Å². The molecule has 0 aliphatic carbocycles. The van der Waals surface area contributed by atoms with Crippen molar-refractivity contribution in [3.8, 4) is 0 Å². The van der Waals surface area contributed by atoms with Gasteiger partial charge in [0.2, 0.25) is 5.91 Å². The average molecular weight is 307 g/mol. The highest BCUT2D eigenvalue weighted by atomic mass is 16.5. The summed E-state index contributed by atoms with van der Waals surface area (Å²) in [6.07, 6.45) is 0. The topological polar surface area (TPSA) is 111 Å². The molecule has 1 aromatic carbocycles. The van der Waals surface area contributed by atoms with Gasteiger partial charge < -0.3 is 21.1 Å². The van der Waals surface area contributed by atoms with E-state index in [1.54, 1.807) is 12.1 Å². The Hall–Kier alpha value is -2.57. The lowest BCUT2D eigenvalue weighted by Gasteiger charge is -2.10. The van der Waals surface area contributed by atoms with E-state index >= 15 is 0 Å². The van der Waals surface area contributed by atoms with E-state index in [-0.39, 0.29) is 24.1 Å². The number of nitrogen functional groups attached to an aromatic ring is 1. The largest absolute Gasteiger partial charge is 0.452 e. The lowest BCUT2D eigenvalue weighted by Crippen LogP contribution is -2.41. The number of carbonyl (C=O) groups is 3. The normalized spacial score (nSPS) is 10.2. The van der Waals surface area contributed by atoms with Crippen molar-refractivity contribution in [2.24, 2.45) is 0 Å². The van der Waals surface area contributed by atoms with Gasteiger partial charge in [-0.1, -0.05) is 6.07 Å². The molecule has 22 heavy (non-hydrogen) atoms. The van der Waals surface area contributed by atoms with Gasteiger partial charge in [0.05, 0.1) is 12.1 Å². The van der Waals surface area contributed by atoms with Gasteiger partial charge in [-0.05, 0) is 38.5 Å². The van der Waals surface area contributed by atoms with Gasteiger partial charge in [-0.2, -0.15) is 0 Å². The Morgan fingerprint density at radius 3 is 2.50 bits per heavy atom. The maximum absolute atomic E-state index is 11.8. The van der Waals surface area contributed by atoms with Crippen molar-refractivity contribution in [2.75, 3.05) is 18.9 Å². The second kappa shape index (κ2) is 8.02. The fraction of sp³-hybridized carbons (Fsp3) is 0.400. The molecule has 0 saturated heterocycles. The summed E-state index contributed by atoms with van der Waals surface area (Å²) in [6, 6.07) is 4.75. The highest BCUT2D eigenvalue weighted by Gasteiger charge is 2.12. The van der Waals surface area contributed by atoms with E-state index in [4.69, 9.17) is 10.5 Å². The van der Waals surface area contributed by atoms with E-state index in [0.717, 1.165) is 5.56 Å². The molecular formula is C15H21N3O4. The van der Waals surface area contributed by atoms with Crippen LogP contribution in [0.1, 0.15) is 29.8 Å². The van der Waals surface area contributed by atoms with Gasteiger partial charge in [0.25, 0.3) is 5.91 Å². The van der Waals surface area contributed by atoms with E-state index in [1.165, 1.54) is 6.07 Å². The molecule has 0 aliphatic heterocycles. The Balaban J connectivity index is 2.38. The van der Waals surface area contributed by atoms with Crippen LogP contribution in [0.4, 0.5) is 5.69 Å². The van der Waals surface area contributed by atoms with E-state index in [1.807, 2.05) is 20.8 Å². The van der Waals surface area contributed by atoms with Gasteiger partial charge in [0, 0.05) is 11.7 Å². The van der Waals surface area contributed by atoms with Crippen molar-refractivity contribution in [3.63, 3.8) is 0 Å². The van der Waals surface area contributed by atoms with Crippen LogP contribution in [0.3, 0.4) is 0 Å². The third-order valence-corrected chi connectivity index (χ3v) is 2.75. The average Bonchev–Trinajstić information content (AvgIpc) is 2.44. The summed E-state index contributed by atoms with van der Waals surface area (Å²) >= 11 is 0. The summed E-state index contributed by atoms with van der Waals surface area (Å²) in [7, 11) is 0. The monoisotopic (exact) mass is 307 g/mol. The third-order valence-electron chi connectivity index (χ3n) is 2.75. The van der Waals surface area contributed by atoms with Crippen LogP contribution in [0.5, 0.6) is 0 Å². The Bertz CT molecular complexity index is 570. The molecule has 0 bridgehead atoms. The van der Waals surface area contributed by atoms with Crippen molar-refractivity contribution < 1.29 is 19.1 Å². The second-order valence-corrected chi connectivity index (χ2v) is 5.15. The van der Waals surface area contributed by atoms with Crippen LogP contribution in [0.25, 0.3) is 0 Å². The highest BCUT2D eigenvalue weighted by Crippen LogP contribution is 2.13. The third kappa shape index (κ3) is 5.82. The number of esters is 1. The number of ether oxygens (including phenoxy) is 1. The fourth-order valence-electron chi connectivity index (χ4n) is 1.58. The first kappa shape index (κ1) is 17.5. The number of benzene rings is 1. The van der Waals surface area contributed by atoms with Crippen molar-refractivity contribution in [3.05, 3.63) is 29.3 Å². The molecule has 120 valence electrons. The SMILES string of the molecule is Cc1ccc(C(=O)OCC(=O)NCC(=O)NC(C)C)cc1N. The van der Waals surface area contributed by atoms with Gasteiger partial charge in [-0.3, -0.25) is 9.59 Å². The minimum absolute atomic E-state index is 0.00535. The summed E-state index contributed by atoms with van der Waals surface area (Å²) in [5.41, 5.74) is 7.30. The zero-order valence-electron chi connectivity index (χ0n) is 12.9. The lowest BCUT2D eigenvalue weighted by molar-refractivity contribution is -0.128. The number of nitrogens with two attached hydrogens (primary N) is 1. The molecule has 0 saturated carbocycles. The van der Waals surface area contributed by atoms with Gasteiger partial charge in [0.15, 0.2) is 6.61 Å². The Morgan fingerprint density at radius 1 is 1.23 bits per heavy atom. The molecule has 0 heterocycles. The summed E-state index contributed by atoms with van der Waals surface area (Å²) in [6.45, 7) is 4.83. The van der Waals surface area contributed by atoms with Crippen LogP contribution < -0.4 is 16.4 Å². The summed E-state index contributed by atoms with van der Waals surface area (Å²) in [5, 5.41) is 4.99. The molecule has 2 amide bonds. The molecular weight excluding hydrogens is 286 g/mol. The minimum Gasteiger partial charge on any atom is -0.452 e. The summed E-state index contributed by atoms with van der Waals surface area (Å²) < 4.78 is 4.86. The Labute approximate surface area is 129 Å². The molecule has 1 aromatic rings. The van der Waals surface area contributed by atoms with Crippen LogP contribution in [0.15, 0.2) is 18.2 Å². The number of hydrogen-bond acceptors (Lipinski definition) is 5. The predicted octanol–water partition coefficient (Wildman–Crippen LogP) is 0.375. The first-order valence-corrected chi connectivity index (χ1v) is 6.89. The highest BCUT2D eigenvalue weighted by molar-refractivity contribution is 5.93. The van der Waals surface area contributed by atoms with Gasteiger partial charge in [-0.25, -0.2) is 4.79 Å². The molecule has 0 spiro atoms. The molecule has 1 rings (SSSR count). The minimum atomic E-state index is -0.645. The Kier molecular flexibility index (Phi) is 6.37. The van der Waals surface area contributed by atoms with Crippen molar-refractivity contribution in [1.29, 1.82) is 0 Å². The number of rotatable bonds is 6. The molecule has 0 atom stereocenters. The molecule has 0 aliphatic rings. The molecule has 4 N–H and O–H groups in total. The molecule has 0 unspecified atom stereocenters.